The van der Waals surface area contributed by atoms with Gasteiger partial charge in [0.15, 0.2) is 5.65 Å². The number of imidazole rings is 1. The summed E-state index contributed by atoms with van der Waals surface area (Å²) in [6.45, 7) is 12.1. The predicted molar refractivity (Wildman–Crippen MR) is 101 cm³/mol. The van der Waals surface area contributed by atoms with Crippen LogP contribution in [0.3, 0.4) is 0 Å². The fraction of sp³-hybridized carbons (Fsp3) is 0.529. The molecular weight excluding hydrogens is 338 g/mol. The molecule has 136 valence electrons. The van der Waals surface area contributed by atoms with Crippen LogP contribution in [0.2, 0.25) is 0 Å². The van der Waals surface area contributed by atoms with Crippen molar-refractivity contribution in [2.24, 2.45) is 4.40 Å². The maximum Gasteiger partial charge on any atom is 0.407 e. The van der Waals surface area contributed by atoms with Crippen molar-refractivity contribution in [2.75, 3.05) is 0 Å². The molecule has 2 aromatic rings. The summed E-state index contributed by atoms with van der Waals surface area (Å²) >= 11 is 1.51. The van der Waals surface area contributed by atoms with Gasteiger partial charge in [-0.2, -0.15) is 5.10 Å². The minimum absolute atomic E-state index is 0.0713. The van der Waals surface area contributed by atoms with Crippen molar-refractivity contribution >= 4 is 29.9 Å². The Kier molecular flexibility index (Phi) is 5.72. The second-order valence-electron chi connectivity index (χ2n) is 7.62. The fourth-order valence-electron chi connectivity index (χ4n) is 1.82. The molecule has 8 heteroatoms. The third-order valence-electron chi connectivity index (χ3n) is 2.73. The summed E-state index contributed by atoms with van der Waals surface area (Å²) in [5, 5.41) is 7.00. The lowest BCUT2D eigenvalue weighted by Gasteiger charge is -2.19. The van der Waals surface area contributed by atoms with Gasteiger partial charge in [-0.1, -0.05) is 0 Å². The largest absolute Gasteiger partial charge is 0.444 e. The summed E-state index contributed by atoms with van der Waals surface area (Å²) in [4.78, 5) is 16.2. The first kappa shape index (κ1) is 19.2. The summed E-state index contributed by atoms with van der Waals surface area (Å²) in [6.07, 6.45) is 4.81. The first-order chi connectivity index (χ1) is 11.5. The second kappa shape index (κ2) is 7.43. The molecule has 0 spiro atoms. The molecule has 0 bridgehead atoms. The molecule has 0 aromatic carbocycles. The van der Waals surface area contributed by atoms with Crippen LogP contribution >= 0.6 is 11.9 Å². The molecule has 0 unspecified atom stereocenters. The van der Waals surface area contributed by atoms with E-state index in [2.05, 4.69) is 40.6 Å². The Morgan fingerprint density at radius 2 is 2.08 bits per heavy atom. The average molecular weight is 363 g/mol. The van der Waals surface area contributed by atoms with E-state index in [0.29, 0.717) is 11.3 Å². The lowest BCUT2D eigenvalue weighted by Crippen LogP contribution is -2.32. The Labute approximate surface area is 152 Å². The van der Waals surface area contributed by atoms with Gasteiger partial charge < -0.3 is 10.1 Å². The summed E-state index contributed by atoms with van der Waals surface area (Å²) in [7, 11) is 0. The Bertz CT molecular complexity index is 771. The molecule has 2 aromatic heterocycles. The third kappa shape index (κ3) is 6.74. The number of rotatable bonds is 4. The van der Waals surface area contributed by atoms with Crippen LogP contribution < -0.4 is 5.32 Å². The molecule has 0 aliphatic rings. The molecule has 0 radical (unpaired) electrons. The highest BCUT2D eigenvalue weighted by atomic mass is 32.2. The lowest BCUT2D eigenvalue weighted by molar-refractivity contribution is 0.0523. The lowest BCUT2D eigenvalue weighted by atomic mass is 10.2. The van der Waals surface area contributed by atoms with Gasteiger partial charge in [0.25, 0.3) is 0 Å². The zero-order chi connectivity index (χ0) is 18.7. The molecule has 1 amide bonds. The van der Waals surface area contributed by atoms with E-state index < -0.39 is 11.7 Å². The van der Waals surface area contributed by atoms with Crippen molar-refractivity contribution in [3.8, 4) is 0 Å². The number of hydrogen-bond donors (Lipinski definition) is 1. The number of ether oxygens (including phenoxy) is 1. The standard InChI is InChI=1S/C17H25N5O2S/c1-16(2,3)24-15(23)18-10-13-11-22-14(21-13)7-12(8-19-22)9-20-25-17(4,5)6/h7-9,11H,10H2,1-6H3,(H,18,23). The summed E-state index contributed by atoms with van der Waals surface area (Å²) in [5.74, 6) is 0. The first-order valence-corrected chi connectivity index (χ1v) is 8.82. The molecule has 0 aliphatic heterocycles. The highest BCUT2D eigenvalue weighted by molar-refractivity contribution is 7.99. The number of nitrogens with zero attached hydrogens (tertiary/aromatic N) is 4. The van der Waals surface area contributed by atoms with Gasteiger partial charge in [0.2, 0.25) is 0 Å². The number of fused-ring (bicyclic) bond motifs is 1. The van der Waals surface area contributed by atoms with E-state index in [4.69, 9.17) is 4.74 Å². The Balaban J connectivity index is 2.01. The van der Waals surface area contributed by atoms with E-state index in [9.17, 15) is 4.79 Å². The van der Waals surface area contributed by atoms with Gasteiger partial charge in [0, 0.05) is 16.5 Å². The monoisotopic (exact) mass is 363 g/mol. The van der Waals surface area contributed by atoms with E-state index in [1.807, 2.05) is 26.8 Å². The van der Waals surface area contributed by atoms with E-state index in [1.165, 1.54) is 11.9 Å². The zero-order valence-electron chi connectivity index (χ0n) is 15.5. The van der Waals surface area contributed by atoms with Crippen molar-refractivity contribution in [1.82, 2.24) is 19.9 Å². The van der Waals surface area contributed by atoms with Gasteiger partial charge in [0.05, 0.1) is 24.6 Å². The Morgan fingerprint density at radius 3 is 2.72 bits per heavy atom. The summed E-state index contributed by atoms with van der Waals surface area (Å²) in [6, 6.07) is 1.90. The molecule has 2 rings (SSSR count). The topological polar surface area (TPSA) is 80.9 Å². The number of amides is 1. The predicted octanol–water partition coefficient (Wildman–Crippen LogP) is 3.62. The molecule has 0 atom stereocenters. The van der Waals surface area contributed by atoms with Crippen LogP contribution in [0.25, 0.3) is 5.65 Å². The quantitative estimate of drug-likeness (QED) is 0.663. The SMILES string of the molecule is CC(C)(C)OC(=O)NCc1cn2ncc(C=NSC(C)(C)C)cc2n1. The van der Waals surface area contributed by atoms with Crippen LogP contribution in [0.5, 0.6) is 0 Å². The Hall–Kier alpha value is -2.09. The van der Waals surface area contributed by atoms with Crippen LogP contribution in [0, 0.1) is 0 Å². The normalized spacial score (nSPS) is 12.7. The smallest absolute Gasteiger partial charge is 0.407 e. The van der Waals surface area contributed by atoms with Gasteiger partial charge in [-0.05, 0) is 59.6 Å². The van der Waals surface area contributed by atoms with Crippen LogP contribution in [0.1, 0.15) is 52.8 Å². The Morgan fingerprint density at radius 1 is 1.36 bits per heavy atom. The highest BCUT2D eigenvalue weighted by Crippen LogP contribution is 2.23. The number of aromatic nitrogens is 3. The van der Waals surface area contributed by atoms with Crippen molar-refractivity contribution < 1.29 is 9.53 Å². The number of carbonyl (C=O) groups is 1. The maximum absolute atomic E-state index is 11.7. The average Bonchev–Trinajstić information content (AvgIpc) is 2.84. The van der Waals surface area contributed by atoms with Crippen LogP contribution in [-0.4, -0.2) is 37.3 Å². The summed E-state index contributed by atoms with van der Waals surface area (Å²) < 4.78 is 11.3. The van der Waals surface area contributed by atoms with Crippen molar-refractivity contribution in [3.05, 3.63) is 29.7 Å². The molecule has 0 saturated carbocycles. The van der Waals surface area contributed by atoms with Crippen molar-refractivity contribution in [1.29, 1.82) is 0 Å². The van der Waals surface area contributed by atoms with Crippen LogP contribution in [0.4, 0.5) is 4.79 Å². The number of nitrogens with one attached hydrogen (secondary N) is 1. The van der Waals surface area contributed by atoms with Gasteiger partial charge >= 0.3 is 6.09 Å². The molecule has 25 heavy (non-hydrogen) atoms. The minimum Gasteiger partial charge on any atom is -0.444 e. The van der Waals surface area contributed by atoms with Crippen LogP contribution in [0.15, 0.2) is 22.9 Å². The van der Waals surface area contributed by atoms with E-state index >= 15 is 0 Å². The summed E-state index contributed by atoms with van der Waals surface area (Å²) in [5.41, 5.74) is 1.76. The van der Waals surface area contributed by atoms with Gasteiger partial charge in [-0.15, -0.1) is 0 Å². The number of alkyl carbamates (subject to hydrolysis) is 1. The molecule has 0 saturated heterocycles. The molecule has 1 N–H and O–H groups in total. The highest BCUT2D eigenvalue weighted by Gasteiger charge is 2.16. The molecule has 2 heterocycles. The van der Waals surface area contributed by atoms with E-state index in [-0.39, 0.29) is 11.3 Å². The number of carbonyl (C=O) groups excluding carboxylic acids is 1. The molecule has 7 nitrogen and oxygen atoms in total. The third-order valence-corrected chi connectivity index (χ3v) is 3.49. The van der Waals surface area contributed by atoms with Gasteiger partial charge in [-0.3, -0.25) is 0 Å². The van der Waals surface area contributed by atoms with Crippen molar-refractivity contribution in [3.63, 3.8) is 0 Å². The zero-order valence-corrected chi connectivity index (χ0v) is 16.3. The number of hydrogen-bond acceptors (Lipinski definition) is 6. The molecular formula is C17H25N5O2S. The van der Waals surface area contributed by atoms with Crippen LogP contribution in [-0.2, 0) is 11.3 Å². The molecule has 0 aliphatic carbocycles. The maximum atomic E-state index is 11.7. The second-order valence-corrected chi connectivity index (χ2v) is 9.24. The first-order valence-electron chi connectivity index (χ1n) is 8.04. The molecule has 0 fully saturated rings. The van der Waals surface area contributed by atoms with Gasteiger partial charge in [0.1, 0.15) is 5.60 Å². The fourth-order valence-corrected chi connectivity index (χ4v) is 2.31. The minimum atomic E-state index is -0.524. The van der Waals surface area contributed by atoms with E-state index in [0.717, 1.165) is 5.56 Å². The van der Waals surface area contributed by atoms with Crippen molar-refractivity contribution in [2.45, 2.75) is 58.4 Å². The van der Waals surface area contributed by atoms with E-state index in [1.54, 1.807) is 23.1 Å². The van der Waals surface area contributed by atoms with Gasteiger partial charge in [-0.25, -0.2) is 18.7 Å².